The number of anilines is 2. The molecule has 1 unspecified atom stereocenters. The summed E-state index contributed by atoms with van der Waals surface area (Å²) < 4.78 is 20.1. The second kappa shape index (κ2) is 6.74. The quantitative estimate of drug-likeness (QED) is 0.758. The van der Waals surface area contributed by atoms with Gasteiger partial charge >= 0.3 is 0 Å². The molecule has 0 N–H and O–H groups in total. The van der Waals surface area contributed by atoms with E-state index in [0.717, 1.165) is 38.2 Å². The lowest BCUT2D eigenvalue weighted by Crippen LogP contribution is -2.40. The first-order valence-electron chi connectivity index (χ1n) is 8.36. The molecule has 0 radical (unpaired) electrons. The molecule has 1 aliphatic carbocycles. The van der Waals surface area contributed by atoms with Crippen molar-refractivity contribution in [2.75, 3.05) is 30.0 Å². The van der Waals surface area contributed by atoms with Crippen LogP contribution in [0, 0.1) is 5.82 Å². The Kier molecular flexibility index (Phi) is 4.45. The third-order valence-corrected chi connectivity index (χ3v) is 5.12. The van der Waals surface area contributed by atoms with Gasteiger partial charge in [0.15, 0.2) is 11.6 Å². The largest absolute Gasteiger partial charge is 0.481 e. The summed E-state index contributed by atoms with van der Waals surface area (Å²) in [6, 6.07) is 4.10. The lowest BCUT2D eigenvalue weighted by Gasteiger charge is -2.30. The van der Waals surface area contributed by atoms with Crippen LogP contribution in [0.2, 0.25) is 0 Å². The Morgan fingerprint density at radius 1 is 1.20 bits per heavy atom. The minimum absolute atomic E-state index is 0.275. The number of hydrogen-bond acceptors (Lipinski definition) is 6. The number of aromatic nitrogens is 3. The second-order valence-corrected chi connectivity index (χ2v) is 7.32. The molecule has 4 rings (SSSR count). The molecule has 1 saturated heterocycles. The number of nitrogens with zero attached hydrogens (tertiary/aromatic N) is 5. The average molecular weight is 408 g/mol. The van der Waals surface area contributed by atoms with E-state index in [1.54, 1.807) is 13.3 Å². The zero-order chi connectivity index (χ0) is 17.4. The summed E-state index contributed by atoms with van der Waals surface area (Å²) >= 11 is 3.26. The van der Waals surface area contributed by atoms with Crippen molar-refractivity contribution in [2.24, 2.45) is 0 Å². The summed E-state index contributed by atoms with van der Waals surface area (Å²) in [7, 11) is 1.60. The van der Waals surface area contributed by atoms with Gasteiger partial charge in [0.05, 0.1) is 7.11 Å². The maximum atomic E-state index is 14.2. The average Bonchev–Trinajstić information content (AvgIpc) is 3.33. The van der Waals surface area contributed by atoms with Crippen LogP contribution in [0.25, 0.3) is 0 Å². The van der Waals surface area contributed by atoms with E-state index in [-0.39, 0.29) is 11.9 Å². The first kappa shape index (κ1) is 16.5. The van der Waals surface area contributed by atoms with Crippen LogP contribution in [-0.2, 0) is 0 Å². The van der Waals surface area contributed by atoms with Crippen LogP contribution in [0.5, 0.6) is 5.88 Å². The lowest BCUT2D eigenvalue weighted by molar-refractivity contribution is 0.396. The van der Waals surface area contributed by atoms with Crippen molar-refractivity contribution in [3.63, 3.8) is 0 Å². The van der Waals surface area contributed by atoms with Crippen molar-refractivity contribution in [2.45, 2.75) is 31.3 Å². The zero-order valence-corrected chi connectivity index (χ0v) is 15.5. The zero-order valence-electron chi connectivity index (χ0n) is 13.9. The van der Waals surface area contributed by atoms with E-state index in [9.17, 15) is 4.39 Å². The Hall–Kier alpha value is -1.96. The van der Waals surface area contributed by atoms with Gasteiger partial charge in [-0.05, 0) is 41.3 Å². The van der Waals surface area contributed by atoms with E-state index in [1.165, 1.54) is 12.4 Å². The standard InChI is InChI=1S/C17H19BrFN5O/c1-25-16-7-15(21-10-22-16)24(12-2-3-12)13-4-5-23(9-13)17-14(19)6-11(18)8-20-17/h6-8,10,12-13H,2-5,9H2,1H3. The van der Waals surface area contributed by atoms with Crippen LogP contribution in [0.1, 0.15) is 19.3 Å². The molecule has 2 aromatic rings. The number of pyridine rings is 1. The van der Waals surface area contributed by atoms with Gasteiger partial charge in [-0.3, -0.25) is 0 Å². The predicted molar refractivity (Wildman–Crippen MR) is 96.6 cm³/mol. The normalized spacial score (nSPS) is 20.0. The Morgan fingerprint density at radius 3 is 2.76 bits per heavy atom. The molecule has 6 nitrogen and oxygen atoms in total. The first-order valence-corrected chi connectivity index (χ1v) is 9.15. The molecule has 1 saturated carbocycles. The third kappa shape index (κ3) is 3.40. The van der Waals surface area contributed by atoms with E-state index in [2.05, 4.69) is 35.8 Å². The molecule has 1 atom stereocenters. The van der Waals surface area contributed by atoms with E-state index in [4.69, 9.17) is 4.74 Å². The Labute approximate surface area is 154 Å². The molecule has 8 heteroatoms. The number of halogens is 2. The highest BCUT2D eigenvalue weighted by Gasteiger charge is 2.39. The van der Waals surface area contributed by atoms with Gasteiger partial charge in [0.25, 0.3) is 0 Å². The van der Waals surface area contributed by atoms with Gasteiger partial charge in [-0.1, -0.05) is 0 Å². The Morgan fingerprint density at radius 2 is 2.04 bits per heavy atom. The highest BCUT2D eigenvalue weighted by atomic mass is 79.9. The number of hydrogen-bond donors (Lipinski definition) is 0. The molecule has 0 spiro atoms. The van der Waals surface area contributed by atoms with Gasteiger partial charge in [0.2, 0.25) is 5.88 Å². The summed E-state index contributed by atoms with van der Waals surface area (Å²) in [6.07, 6.45) is 6.44. The smallest absolute Gasteiger partial charge is 0.218 e. The van der Waals surface area contributed by atoms with Crippen LogP contribution < -0.4 is 14.5 Å². The monoisotopic (exact) mass is 407 g/mol. The van der Waals surface area contributed by atoms with Crippen molar-refractivity contribution in [3.8, 4) is 5.88 Å². The number of ether oxygens (including phenoxy) is 1. The minimum Gasteiger partial charge on any atom is -0.481 e. The predicted octanol–water partition coefficient (Wildman–Crippen LogP) is 3.03. The van der Waals surface area contributed by atoms with Gasteiger partial charge in [0.1, 0.15) is 12.1 Å². The van der Waals surface area contributed by atoms with Gasteiger partial charge < -0.3 is 14.5 Å². The van der Waals surface area contributed by atoms with E-state index in [0.29, 0.717) is 22.2 Å². The van der Waals surface area contributed by atoms with Crippen molar-refractivity contribution in [1.82, 2.24) is 15.0 Å². The van der Waals surface area contributed by atoms with Gasteiger partial charge in [-0.25, -0.2) is 19.3 Å². The third-order valence-electron chi connectivity index (χ3n) is 4.69. The number of rotatable bonds is 5. The molecule has 3 heterocycles. The van der Waals surface area contributed by atoms with E-state index in [1.807, 2.05) is 11.0 Å². The molecule has 0 amide bonds. The van der Waals surface area contributed by atoms with Crippen molar-refractivity contribution in [3.05, 3.63) is 34.9 Å². The first-order chi connectivity index (χ1) is 12.2. The fourth-order valence-corrected chi connectivity index (χ4v) is 3.71. The minimum atomic E-state index is -0.295. The Balaban J connectivity index is 1.56. The molecule has 2 aliphatic rings. The molecular formula is C17H19BrFN5O. The molecule has 132 valence electrons. The lowest BCUT2D eigenvalue weighted by atomic mass is 10.2. The van der Waals surface area contributed by atoms with Crippen LogP contribution in [0.3, 0.4) is 0 Å². The van der Waals surface area contributed by atoms with Crippen LogP contribution >= 0.6 is 15.9 Å². The topological polar surface area (TPSA) is 54.4 Å². The molecule has 2 fully saturated rings. The van der Waals surface area contributed by atoms with Crippen molar-refractivity contribution < 1.29 is 9.13 Å². The van der Waals surface area contributed by atoms with E-state index < -0.39 is 0 Å². The summed E-state index contributed by atoms with van der Waals surface area (Å²) in [5.41, 5.74) is 0. The maximum absolute atomic E-state index is 14.2. The van der Waals surface area contributed by atoms with Gasteiger partial charge in [0, 0.05) is 41.9 Å². The van der Waals surface area contributed by atoms with Crippen LogP contribution in [-0.4, -0.2) is 47.2 Å². The second-order valence-electron chi connectivity index (χ2n) is 6.40. The maximum Gasteiger partial charge on any atom is 0.218 e. The van der Waals surface area contributed by atoms with Gasteiger partial charge in [-0.15, -0.1) is 0 Å². The molecule has 0 bridgehead atoms. The van der Waals surface area contributed by atoms with E-state index >= 15 is 0 Å². The number of methoxy groups -OCH3 is 1. The van der Waals surface area contributed by atoms with Crippen molar-refractivity contribution >= 4 is 27.6 Å². The van der Waals surface area contributed by atoms with Crippen LogP contribution in [0.4, 0.5) is 16.0 Å². The molecule has 25 heavy (non-hydrogen) atoms. The highest BCUT2D eigenvalue weighted by molar-refractivity contribution is 9.10. The fourth-order valence-electron chi connectivity index (χ4n) is 3.41. The molecule has 2 aromatic heterocycles. The molecule has 0 aromatic carbocycles. The fraction of sp³-hybridized carbons (Fsp3) is 0.471. The molecular weight excluding hydrogens is 389 g/mol. The van der Waals surface area contributed by atoms with Gasteiger partial charge in [-0.2, -0.15) is 0 Å². The Bertz CT molecular complexity index is 772. The summed E-state index contributed by atoms with van der Waals surface area (Å²) in [5, 5.41) is 0. The molecule has 1 aliphatic heterocycles. The highest BCUT2D eigenvalue weighted by Crippen LogP contribution is 2.36. The summed E-state index contributed by atoms with van der Waals surface area (Å²) in [6.45, 7) is 1.51. The summed E-state index contributed by atoms with van der Waals surface area (Å²) in [5.74, 6) is 1.56. The summed E-state index contributed by atoms with van der Waals surface area (Å²) in [4.78, 5) is 17.2. The van der Waals surface area contributed by atoms with Crippen LogP contribution in [0.15, 0.2) is 29.1 Å². The SMILES string of the molecule is COc1cc(N(C2CC2)C2CCN(c3ncc(Br)cc3F)C2)ncn1. The van der Waals surface area contributed by atoms with Crippen molar-refractivity contribution in [1.29, 1.82) is 0 Å².